The molecule has 3 nitrogen and oxygen atoms in total. The Labute approximate surface area is 112 Å². The van der Waals surface area contributed by atoms with Gasteiger partial charge in [-0.05, 0) is 22.4 Å². The molecule has 18 heavy (non-hydrogen) atoms. The second-order valence-electron chi connectivity index (χ2n) is 3.96. The second-order valence-corrected chi connectivity index (χ2v) is 4.81. The molecule has 104 valence electrons. The van der Waals surface area contributed by atoms with E-state index >= 15 is 0 Å². The van der Waals surface area contributed by atoms with Crippen molar-refractivity contribution in [3.8, 4) is 0 Å². The van der Waals surface area contributed by atoms with Crippen molar-refractivity contribution < 1.29 is 17.9 Å². The summed E-state index contributed by atoms with van der Waals surface area (Å²) >= 11 is 3.32. The fourth-order valence-corrected chi connectivity index (χ4v) is 1.76. The quantitative estimate of drug-likeness (QED) is 0.709. The Morgan fingerprint density at radius 2 is 2.17 bits per heavy atom. The molecule has 0 N–H and O–H groups in total. The zero-order chi connectivity index (χ0) is 13.6. The summed E-state index contributed by atoms with van der Waals surface area (Å²) in [6, 6.07) is 0. The van der Waals surface area contributed by atoms with Crippen LogP contribution in [-0.2, 0) is 17.9 Å². The van der Waals surface area contributed by atoms with Crippen LogP contribution in [0.25, 0.3) is 0 Å². The van der Waals surface area contributed by atoms with Crippen molar-refractivity contribution in [2.24, 2.45) is 0 Å². The number of alkyl halides is 3. The van der Waals surface area contributed by atoms with Crippen LogP contribution in [-0.4, -0.2) is 22.6 Å². The van der Waals surface area contributed by atoms with Crippen molar-refractivity contribution in [3.05, 3.63) is 16.4 Å². The molecule has 7 heteroatoms. The lowest BCUT2D eigenvalue weighted by Gasteiger charge is -2.06. The third kappa shape index (κ3) is 5.86. The lowest BCUT2D eigenvalue weighted by Crippen LogP contribution is -2.11. The third-order valence-electron chi connectivity index (χ3n) is 2.30. The van der Waals surface area contributed by atoms with Gasteiger partial charge in [-0.1, -0.05) is 13.3 Å². The van der Waals surface area contributed by atoms with E-state index < -0.39 is 12.6 Å². The van der Waals surface area contributed by atoms with Gasteiger partial charge in [0.2, 0.25) is 0 Å². The summed E-state index contributed by atoms with van der Waals surface area (Å²) in [4.78, 5) is 0. The Morgan fingerprint density at radius 3 is 2.78 bits per heavy atom. The van der Waals surface area contributed by atoms with Crippen molar-refractivity contribution >= 4 is 15.9 Å². The first-order valence-corrected chi connectivity index (χ1v) is 6.58. The van der Waals surface area contributed by atoms with Crippen LogP contribution in [0.2, 0.25) is 0 Å². The third-order valence-corrected chi connectivity index (χ3v) is 2.96. The molecule has 0 amide bonds. The summed E-state index contributed by atoms with van der Waals surface area (Å²) in [5, 5.41) is 4.24. The molecule has 1 aromatic rings. The molecule has 0 aliphatic heterocycles. The highest BCUT2D eigenvalue weighted by molar-refractivity contribution is 9.10. The van der Waals surface area contributed by atoms with Gasteiger partial charge in [0.25, 0.3) is 0 Å². The first kappa shape index (κ1) is 15.5. The number of aromatic nitrogens is 2. The van der Waals surface area contributed by atoms with Crippen LogP contribution in [0.4, 0.5) is 13.2 Å². The average Bonchev–Trinajstić information content (AvgIpc) is 2.61. The standard InChI is InChI=1S/C11H16BrF3N2O/c1-2-3-5-17-7-9(12)10(16-17)8-18-6-4-11(13,14)15/h7H,2-6,8H2,1H3. The number of aryl methyl sites for hydroxylation is 1. The Balaban J connectivity index is 2.35. The van der Waals surface area contributed by atoms with Crippen LogP contribution >= 0.6 is 15.9 Å². The van der Waals surface area contributed by atoms with E-state index in [9.17, 15) is 13.2 Å². The number of nitrogens with zero attached hydrogens (tertiary/aromatic N) is 2. The van der Waals surface area contributed by atoms with E-state index in [0.29, 0.717) is 5.69 Å². The molecule has 0 unspecified atom stereocenters. The number of unbranched alkanes of at least 4 members (excludes halogenated alkanes) is 1. The van der Waals surface area contributed by atoms with E-state index in [-0.39, 0.29) is 13.2 Å². The minimum atomic E-state index is -4.17. The lowest BCUT2D eigenvalue weighted by atomic mass is 10.3. The molecule has 0 fully saturated rings. The van der Waals surface area contributed by atoms with Gasteiger partial charge in [0.15, 0.2) is 0 Å². The average molecular weight is 329 g/mol. The minimum Gasteiger partial charge on any atom is -0.375 e. The van der Waals surface area contributed by atoms with Crippen LogP contribution in [0, 0.1) is 0 Å². The van der Waals surface area contributed by atoms with Gasteiger partial charge < -0.3 is 4.74 Å². The fraction of sp³-hybridized carbons (Fsp3) is 0.727. The molecule has 0 spiro atoms. The summed E-state index contributed by atoms with van der Waals surface area (Å²) in [5.41, 5.74) is 0.633. The van der Waals surface area contributed by atoms with Gasteiger partial charge in [-0.2, -0.15) is 18.3 Å². The molecule has 0 aliphatic carbocycles. The maximum atomic E-state index is 11.9. The summed E-state index contributed by atoms with van der Waals surface area (Å²) in [6.45, 7) is 2.64. The summed E-state index contributed by atoms with van der Waals surface area (Å²) in [5.74, 6) is 0. The predicted octanol–water partition coefficient (Wildman–Crippen LogP) is 3.91. The SMILES string of the molecule is CCCCn1cc(Br)c(COCCC(F)(F)F)n1. The van der Waals surface area contributed by atoms with E-state index in [1.54, 1.807) is 4.68 Å². The first-order valence-electron chi connectivity index (χ1n) is 5.78. The number of rotatable bonds is 7. The molecule has 1 heterocycles. The van der Waals surface area contributed by atoms with E-state index in [0.717, 1.165) is 23.9 Å². The smallest absolute Gasteiger partial charge is 0.375 e. The van der Waals surface area contributed by atoms with Crippen molar-refractivity contribution in [3.63, 3.8) is 0 Å². The van der Waals surface area contributed by atoms with Crippen LogP contribution in [0.15, 0.2) is 10.7 Å². The second kappa shape index (κ2) is 7.13. The van der Waals surface area contributed by atoms with Gasteiger partial charge in [0, 0.05) is 12.7 Å². The molecule has 0 atom stereocenters. The fourth-order valence-electron chi connectivity index (χ4n) is 1.33. The molecule has 1 rings (SSSR count). The topological polar surface area (TPSA) is 27.1 Å². The maximum absolute atomic E-state index is 11.9. The van der Waals surface area contributed by atoms with Gasteiger partial charge in [-0.25, -0.2) is 0 Å². The summed E-state index contributed by atoms with van der Waals surface area (Å²) in [6.07, 6.45) is -1.20. The monoisotopic (exact) mass is 328 g/mol. The number of ether oxygens (including phenoxy) is 1. The maximum Gasteiger partial charge on any atom is 0.391 e. The van der Waals surface area contributed by atoms with Crippen LogP contribution < -0.4 is 0 Å². The van der Waals surface area contributed by atoms with Crippen molar-refractivity contribution in [1.29, 1.82) is 0 Å². The molecule has 0 bridgehead atoms. The molecule has 0 aromatic carbocycles. The van der Waals surface area contributed by atoms with Gasteiger partial charge in [0.1, 0.15) is 5.69 Å². The molecule has 0 saturated heterocycles. The molecular formula is C11H16BrF3N2O. The van der Waals surface area contributed by atoms with E-state index in [2.05, 4.69) is 28.0 Å². The largest absolute Gasteiger partial charge is 0.391 e. The Morgan fingerprint density at radius 1 is 1.44 bits per heavy atom. The molecule has 0 saturated carbocycles. The predicted molar refractivity (Wildman–Crippen MR) is 65.2 cm³/mol. The van der Waals surface area contributed by atoms with Crippen LogP contribution in [0.5, 0.6) is 0 Å². The Bertz CT molecular complexity index is 366. The zero-order valence-electron chi connectivity index (χ0n) is 10.1. The Kier molecular flexibility index (Phi) is 6.14. The van der Waals surface area contributed by atoms with Crippen molar-refractivity contribution in [2.45, 2.75) is 45.5 Å². The lowest BCUT2D eigenvalue weighted by molar-refractivity contribution is -0.146. The normalized spacial score (nSPS) is 12.1. The molecular weight excluding hydrogens is 313 g/mol. The first-order chi connectivity index (χ1) is 8.42. The Hall–Kier alpha value is -0.560. The van der Waals surface area contributed by atoms with Crippen molar-refractivity contribution in [1.82, 2.24) is 9.78 Å². The number of halogens is 4. The summed E-state index contributed by atoms with van der Waals surface area (Å²) < 4.78 is 43.2. The van der Waals surface area contributed by atoms with E-state index in [1.165, 1.54) is 0 Å². The van der Waals surface area contributed by atoms with Crippen LogP contribution in [0.1, 0.15) is 31.9 Å². The van der Waals surface area contributed by atoms with Gasteiger partial charge >= 0.3 is 6.18 Å². The molecule has 0 radical (unpaired) electrons. The highest BCUT2D eigenvalue weighted by Crippen LogP contribution is 2.20. The number of hydrogen-bond acceptors (Lipinski definition) is 2. The molecule has 0 aliphatic rings. The van der Waals surface area contributed by atoms with E-state index in [1.807, 2.05) is 6.20 Å². The summed E-state index contributed by atoms with van der Waals surface area (Å²) in [7, 11) is 0. The van der Waals surface area contributed by atoms with Gasteiger partial charge in [-0.15, -0.1) is 0 Å². The molecule has 1 aromatic heterocycles. The highest BCUT2D eigenvalue weighted by Gasteiger charge is 2.26. The zero-order valence-corrected chi connectivity index (χ0v) is 11.7. The minimum absolute atomic E-state index is 0.0930. The van der Waals surface area contributed by atoms with Crippen LogP contribution in [0.3, 0.4) is 0 Å². The van der Waals surface area contributed by atoms with Crippen molar-refractivity contribution in [2.75, 3.05) is 6.61 Å². The van der Waals surface area contributed by atoms with Gasteiger partial charge in [-0.3, -0.25) is 4.68 Å². The van der Waals surface area contributed by atoms with E-state index in [4.69, 9.17) is 4.74 Å². The number of hydrogen-bond donors (Lipinski definition) is 0. The highest BCUT2D eigenvalue weighted by atomic mass is 79.9. The van der Waals surface area contributed by atoms with Gasteiger partial charge in [0.05, 0.1) is 24.1 Å².